The quantitative estimate of drug-likeness (QED) is 0.595. The molecule has 0 unspecified atom stereocenters. The second kappa shape index (κ2) is 7.91. The van der Waals surface area contributed by atoms with E-state index in [9.17, 15) is 23.3 Å². The maximum Gasteiger partial charge on any atom is 0.270 e. The van der Waals surface area contributed by atoms with E-state index in [4.69, 9.17) is 0 Å². The van der Waals surface area contributed by atoms with E-state index in [0.717, 1.165) is 25.5 Å². The Kier molecular flexibility index (Phi) is 5.78. The molecule has 2 fully saturated rings. The highest BCUT2D eigenvalue weighted by Gasteiger charge is 2.34. The molecule has 3 rings (SSSR count). The molecule has 2 aliphatic heterocycles. The number of benzene rings is 1. The number of rotatable bonds is 4. The first-order valence-electron chi connectivity index (χ1n) is 9.06. The first-order valence-corrected chi connectivity index (χ1v) is 10.5. The highest BCUT2D eigenvalue weighted by atomic mass is 32.2. The summed E-state index contributed by atoms with van der Waals surface area (Å²) in [4.78, 5) is 24.6. The number of carbonyl (C=O) groups excluding carboxylic acids is 1. The molecule has 9 nitrogen and oxygen atoms in total. The van der Waals surface area contributed by atoms with Crippen LogP contribution in [0.5, 0.6) is 0 Å². The molecule has 2 saturated heterocycles. The Hall–Kier alpha value is -2.04. The van der Waals surface area contributed by atoms with E-state index in [1.165, 1.54) is 22.5 Å². The molecule has 0 aliphatic carbocycles. The number of nitrogens with one attached hydrogen (secondary N) is 1. The number of hydrogen-bond donors (Lipinski definition) is 1. The fraction of sp³-hybridized carbons (Fsp3) is 0.588. The van der Waals surface area contributed by atoms with Gasteiger partial charge in [0, 0.05) is 50.3 Å². The van der Waals surface area contributed by atoms with Crippen molar-refractivity contribution in [3.05, 3.63) is 34.4 Å². The van der Waals surface area contributed by atoms with Crippen molar-refractivity contribution < 1.29 is 18.1 Å². The normalized spacial score (nSPS) is 24.6. The summed E-state index contributed by atoms with van der Waals surface area (Å²) in [7, 11) is -3.82. The second-order valence-corrected chi connectivity index (χ2v) is 9.00. The number of piperazine rings is 1. The van der Waals surface area contributed by atoms with Crippen LogP contribution in [0, 0.1) is 16.0 Å². The van der Waals surface area contributed by atoms with Gasteiger partial charge in [-0.3, -0.25) is 14.9 Å². The van der Waals surface area contributed by atoms with Crippen LogP contribution in [0.15, 0.2) is 29.2 Å². The summed E-state index contributed by atoms with van der Waals surface area (Å²) in [5, 5.41) is 14.2. The summed E-state index contributed by atoms with van der Waals surface area (Å²) in [5.41, 5.74) is -0.259. The van der Waals surface area contributed by atoms with Crippen LogP contribution in [0.1, 0.15) is 19.8 Å². The van der Waals surface area contributed by atoms with Crippen LogP contribution in [0.2, 0.25) is 0 Å². The summed E-state index contributed by atoms with van der Waals surface area (Å²) in [6.45, 7) is 3.94. The van der Waals surface area contributed by atoms with Gasteiger partial charge in [-0.2, -0.15) is 4.31 Å². The van der Waals surface area contributed by atoms with Crippen molar-refractivity contribution in [2.45, 2.75) is 30.7 Å². The van der Waals surface area contributed by atoms with Gasteiger partial charge < -0.3 is 10.2 Å². The van der Waals surface area contributed by atoms with Crippen LogP contribution < -0.4 is 5.32 Å². The predicted octanol–water partition coefficient (Wildman–Crippen LogP) is 0.816. The highest BCUT2D eigenvalue weighted by Crippen LogP contribution is 2.24. The fourth-order valence-corrected chi connectivity index (χ4v) is 5.13. The minimum atomic E-state index is -3.82. The number of amides is 1. The highest BCUT2D eigenvalue weighted by molar-refractivity contribution is 7.89. The molecule has 27 heavy (non-hydrogen) atoms. The predicted molar refractivity (Wildman–Crippen MR) is 98.6 cm³/mol. The second-order valence-electron chi connectivity index (χ2n) is 7.06. The first-order chi connectivity index (χ1) is 12.8. The minimum Gasteiger partial charge on any atom is -0.340 e. The molecule has 1 aromatic carbocycles. The van der Waals surface area contributed by atoms with Gasteiger partial charge in [0.1, 0.15) is 0 Å². The summed E-state index contributed by atoms with van der Waals surface area (Å²) in [6.07, 6.45) is 1.60. The summed E-state index contributed by atoms with van der Waals surface area (Å²) >= 11 is 0. The van der Waals surface area contributed by atoms with E-state index in [1.54, 1.807) is 4.90 Å². The Morgan fingerprint density at radius 3 is 2.59 bits per heavy atom. The standard InChI is InChI=1S/C17H24N4O5S/c1-13-11-14(5-6-18-13)17(22)19-7-9-20(10-8-19)27(25,26)16-4-2-3-15(12-16)21(23)24/h2-4,12-14,18H,5-11H2,1H3/t13-,14-/m0/s1. The zero-order valence-corrected chi connectivity index (χ0v) is 16.0. The van der Waals surface area contributed by atoms with E-state index < -0.39 is 14.9 Å². The van der Waals surface area contributed by atoms with Crippen LogP contribution in [-0.4, -0.2) is 67.2 Å². The van der Waals surface area contributed by atoms with Crippen molar-refractivity contribution in [2.75, 3.05) is 32.7 Å². The molecule has 0 spiro atoms. The van der Waals surface area contributed by atoms with Crippen LogP contribution in [0.3, 0.4) is 0 Å². The number of carbonyl (C=O) groups is 1. The number of sulfonamides is 1. The van der Waals surface area contributed by atoms with Crippen molar-refractivity contribution in [3.63, 3.8) is 0 Å². The maximum absolute atomic E-state index is 12.8. The van der Waals surface area contributed by atoms with Gasteiger partial charge in [0.25, 0.3) is 5.69 Å². The molecule has 0 aromatic heterocycles. The molecule has 148 valence electrons. The van der Waals surface area contributed by atoms with Gasteiger partial charge in [-0.1, -0.05) is 6.07 Å². The van der Waals surface area contributed by atoms with Gasteiger partial charge in [-0.05, 0) is 32.4 Å². The number of hydrogen-bond acceptors (Lipinski definition) is 6. The summed E-state index contributed by atoms with van der Waals surface area (Å²) < 4.78 is 26.8. The van der Waals surface area contributed by atoms with Gasteiger partial charge in [-0.15, -0.1) is 0 Å². The van der Waals surface area contributed by atoms with E-state index in [0.29, 0.717) is 19.1 Å². The van der Waals surface area contributed by atoms with E-state index in [2.05, 4.69) is 12.2 Å². The minimum absolute atomic E-state index is 0.0128. The van der Waals surface area contributed by atoms with Crippen molar-refractivity contribution in [2.24, 2.45) is 5.92 Å². The number of piperidine rings is 1. The third-order valence-corrected chi connectivity index (χ3v) is 7.08. The molecule has 2 heterocycles. The van der Waals surface area contributed by atoms with Crippen LogP contribution in [0.4, 0.5) is 5.69 Å². The summed E-state index contributed by atoms with van der Waals surface area (Å²) in [6, 6.07) is 5.36. The number of nitrogens with zero attached hydrogens (tertiary/aromatic N) is 3. The third-order valence-electron chi connectivity index (χ3n) is 5.19. The lowest BCUT2D eigenvalue weighted by Crippen LogP contribution is -2.53. The van der Waals surface area contributed by atoms with Crippen molar-refractivity contribution in [3.8, 4) is 0 Å². The third kappa shape index (κ3) is 4.28. The van der Waals surface area contributed by atoms with Gasteiger partial charge in [0.05, 0.1) is 9.82 Å². The zero-order chi connectivity index (χ0) is 19.6. The lowest BCUT2D eigenvalue weighted by atomic mass is 9.92. The van der Waals surface area contributed by atoms with Gasteiger partial charge in [0.15, 0.2) is 0 Å². The molecule has 10 heteroatoms. The van der Waals surface area contributed by atoms with E-state index in [-0.39, 0.29) is 35.5 Å². The van der Waals surface area contributed by atoms with Crippen molar-refractivity contribution in [1.29, 1.82) is 0 Å². The zero-order valence-electron chi connectivity index (χ0n) is 15.2. The smallest absolute Gasteiger partial charge is 0.270 e. The van der Waals surface area contributed by atoms with Crippen molar-refractivity contribution >= 4 is 21.6 Å². The van der Waals surface area contributed by atoms with Gasteiger partial charge in [-0.25, -0.2) is 8.42 Å². The lowest BCUT2D eigenvalue weighted by molar-refractivity contribution is -0.385. The molecule has 0 bridgehead atoms. The van der Waals surface area contributed by atoms with Crippen molar-refractivity contribution in [1.82, 2.24) is 14.5 Å². The van der Waals surface area contributed by atoms with E-state index in [1.807, 2.05) is 0 Å². The molecule has 2 aliphatic rings. The van der Waals surface area contributed by atoms with E-state index >= 15 is 0 Å². The maximum atomic E-state index is 12.8. The Bertz CT molecular complexity index is 820. The Labute approximate surface area is 158 Å². The number of non-ortho nitro benzene ring substituents is 1. The van der Waals surface area contributed by atoms with Crippen LogP contribution in [0.25, 0.3) is 0 Å². The largest absolute Gasteiger partial charge is 0.340 e. The average Bonchev–Trinajstić information content (AvgIpc) is 2.67. The average molecular weight is 396 g/mol. The Balaban J connectivity index is 1.65. The molecule has 1 aromatic rings. The number of nitro groups is 1. The molecular formula is C17H24N4O5S. The fourth-order valence-electron chi connectivity index (χ4n) is 3.67. The molecule has 1 amide bonds. The first kappa shape index (κ1) is 19.7. The summed E-state index contributed by atoms with van der Waals surface area (Å²) in [5.74, 6) is 0.0805. The number of nitro benzene ring substituents is 1. The van der Waals surface area contributed by atoms with Crippen LogP contribution in [-0.2, 0) is 14.8 Å². The topological polar surface area (TPSA) is 113 Å². The molecule has 0 radical (unpaired) electrons. The van der Waals surface area contributed by atoms with Gasteiger partial charge in [0.2, 0.25) is 15.9 Å². The molecule has 2 atom stereocenters. The van der Waals surface area contributed by atoms with Gasteiger partial charge >= 0.3 is 0 Å². The molecule has 0 saturated carbocycles. The monoisotopic (exact) mass is 396 g/mol. The Morgan fingerprint density at radius 1 is 1.26 bits per heavy atom. The van der Waals surface area contributed by atoms with Crippen LogP contribution >= 0.6 is 0 Å². The SMILES string of the molecule is C[C@H]1C[C@@H](C(=O)N2CCN(S(=O)(=O)c3cccc([N+](=O)[O-])c3)CC2)CCN1. The lowest BCUT2D eigenvalue weighted by Gasteiger charge is -2.37. The Morgan fingerprint density at radius 2 is 1.96 bits per heavy atom. The molecular weight excluding hydrogens is 372 g/mol. The molecule has 1 N–H and O–H groups in total.